The smallest absolute Gasteiger partial charge is 0.323 e. The highest BCUT2D eigenvalue weighted by molar-refractivity contribution is 7.99. The third kappa shape index (κ3) is 4.35. The van der Waals surface area contributed by atoms with E-state index in [4.69, 9.17) is 9.74 Å². The molecule has 1 aromatic heterocycles. The molecule has 0 spiro atoms. The zero-order valence-electron chi connectivity index (χ0n) is 16.9. The number of anilines is 1. The van der Waals surface area contributed by atoms with Crippen LogP contribution in [-0.2, 0) is 5.41 Å². The predicted octanol–water partition coefficient (Wildman–Crippen LogP) is 4.68. The molecule has 2 N–H and O–H groups in total. The molecule has 0 saturated carbocycles. The summed E-state index contributed by atoms with van der Waals surface area (Å²) in [6, 6.07) is 7.89. The van der Waals surface area contributed by atoms with E-state index in [-0.39, 0.29) is 23.2 Å². The zero-order valence-corrected chi connectivity index (χ0v) is 17.7. The van der Waals surface area contributed by atoms with Crippen molar-refractivity contribution in [2.24, 2.45) is 0 Å². The molecule has 0 aliphatic carbocycles. The monoisotopic (exact) mass is 416 g/mol. The Kier molecular flexibility index (Phi) is 6.09. The van der Waals surface area contributed by atoms with Gasteiger partial charge in [0.15, 0.2) is 5.52 Å². The Morgan fingerprint density at radius 2 is 2.00 bits per heavy atom. The molecule has 1 heterocycles. The van der Waals surface area contributed by atoms with Gasteiger partial charge in [0.25, 0.3) is 0 Å². The van der Waals surface area contributed by atoms with Gasteiger partial charge in [0.05, 0.1) is 4.92 Å². The predicted molar refractivity (Wildman–Crippen MR) is 113 cm³/mol. The van der Waals surface area contributed by atoms with Crippen molar-refractivity contribution in [2.75, 3.05) is 18.5 Å². The second-order valence-corrected chi connectivity index (χ2v) is 8.85. The summed E-state index contributed by atoms with van der Waals surface area (Å²) in [7, 11) is 0. The number of nitrogens with one attached hydrogen (secondary N) is 1. The molecule has 3 rings (SSSR count). The van der Waals surface area contributed by atoms with Gasteiger partial charge in [-0.05, 0) is 46.3 Å². The van der Waals surface area contributed by atoms with Crippen LogP contribution in [0.5, 0.6) is 0 Å². The largest absolute Gasteiger partial charge is 0.396 e. The number of hydrogen-bond acceptors (Lipinski definition) is 8. The van der Waals surface area contributed by atoms with Crippen LogP contribution in [0.25, 0.3) is 11.0 Å². The highest BCUT2D eigenvalue weighted by Crippen LogP contribution is 2.44. The van der Waals surface area contributed by atoms with Crippen LogP contribution >= 0.6 is 11.8 Å². The Labute approximate surface area is 172 Å². The van der Waals surface area contributed by atoms with Crippen LogP contribution in [0.2, 0.25) is 0 Å². The molecule has 0 amide bonds. The lowest BCUT2D eigenvalue weighted by Gasteiger charge is -2.24. The third-order valence-corrected chi connectivity index (χ3v) is 5.82. The zero-order chi connectivity index (χ0) is 21.2. The Morgan fingerprint density at radius 3 is 2.66 bits per heavy atom. The first kappa shape index (κ1) is 21.1. The Morgan fingerprint density at radius 1 is 1.28 bits per heavy atom. The van der Waals surface area contributed by atoms with Gasteiger partial charge in [-0.2, -0.15) is 0 Å². The molecule has 9 heteroatoms. The minimum atomic E-state index is -0.489. The molecular weight excluding hydrogens is 392 g/mol. The lowest BCUT2D eigenvalue weighted by Crippen LogP contribution is -2.13. The molecule has 0 fully saturated rings. The van der Waals surface area contributed by atoms with Gasteiger partial charge >= 0.3 is 5.69 Å². The average molecular weight is 417 g/mol. The summed E-state index contributed by atoms with van der Waals surface area (Å²) in [6.45, 7) is 8.89. The molecule has 8 nitrogen and oxygen atoms in total. The number of aromatic nitrogens is 2. The number of nitrogens with zero attached hydrogens (tertiary/aromatic N) is 3. The highest BCUT2D eigenvalue weighted by Gasteiger charge is 2.27. The Bertz CT molecular complexity index is 1040. The van der Waals surface area contributed by atoms with E-state index in [0.717, 1.165) is 15.4 Å². The first-order chi connectivity index (χ1) is 13.7. The van der Waals surface area contributed by atoms with Crippen molar-refractivity contribution in [3.8, 4) is 0 Å². The van der Waals surface area contributed by atoms with Crippen molar-refractivity contribution in [3.05, 3.63) is 45.5 Å². The first-order valence-corrected chi connectivity index (χ1v) is 10.1. The molecule has 0 unspecified atom stereocenters. The van der Waals surface area contributed by atoms with Gasteiger partial charge in [-0.1, -0.05) is 50.7 Å². The summed E-state index contributed by atoms with van der Waals surface area (Å²) in [6.07, 6.45) is 0.473. The van der Waals surface area contributed by atoms with E-state index in [1.54, 1.807) is 6.07 Å². The first-order valence-electron chi connectivity index (χ1n) is 9.30. The number of benzene rings is 2. The normalized spacial score (nSPS) is 11.8. The maximum atomic E-state index is 11.7. The number of hydrogen-bond donors (Lipinski definition) is 2. The summed E-state index contributed by atoms with van der Waals surface area (Å²) in [5.41, 5.74) is 2.85. The van der Waals surface area contributed by atoms with E-state index in [1.807, 2.05) is 19.1 Å². The standard InChI is InChI=1S/C20H24N4O4S/c1-12-7-5-8-13(20(2,3)4)19(12)29-15-11-14(21-9-6-10-25)18(24(26)27)17-16(15)22-28-23-17/h5,7-8,11,21,25H,6,9-10H2,1-4H3. The maximum Gasteiger partial charge on any atom is 0.323 e. The fourth-order valence-corrected chi connectivity index (χ4v) is 4.43. The van der Waals surface area contributed by atoms with Crippen molar-refractivity contribution in [2.45, 2.75) is 49.3 Å². The van der Waals surface area contributed by atoms with Crippen LogP contribution in [0.3, 0.4) is 0 Å². The fraction of sp³-hybridized carbons (Fsp3) is 0.400. The van der Waals surface area contributed by atoms with Crippen molar-refractivity contribution in [3.63, 3.8) is 0 Å². The summed E-state index contributed by atoms with van der Waals surface area (Å²) in [4.78, 5) is 13.0. The molecule has 0 radical (unpaired) electrons. The number of aliphatic hydroxyl groups is 1. The maximum absolute atomic E-state index is 11.7. The topological polar surface area (TPSA) is 114 Å². The molecule has 2 aromatic carbocycles. The van der Waals surface area contributed by atoms with Gasteiger partial charge in [0.1, 0.15) is 5.69 Å². The van der Waals surface area contributed by atoms with Crippen LogP contribution in [0.15, 0.2) is 38.7 Å². The van der Waals surface area contributed by atoms with Crippen LogP contribution in [0.4, 0.5) is 11.4 Å². The second kappa shape index (κ2) is 8.38. The van der Waals surface area contributed by atoms with Crippen LogP contribution in [-0.4, -0.2) is 33.5 Å². The molecule has 29 heavy (non-hydrogen) atoms. The average Bonchev–Trinajstić information content (AvgIpc) is 3.12. The second-order valence-electron chi connectivity index (χ2n) is 7.80. The van der Waals surface area contributed by atoms with Crippen molar-refractivity contribution >= 4 is 34.2 Å². The minimum Gasteiger partial charge on any atom is -0.396 e. The summed E-state index contributed by atoms with van der Waals surface area (Å²) in [5.74, 6) is 0. The molecular formula is C20H24N4O4S. The van der Waals surface area contributed by atoms with E-state index >= 15 is 0 Å². The molecule has 0 atom stereocenters. The highest BCUT2D eigenvalue weighted by atomic mass is 32.2. The number of rotatable bonds is 7. The van der Waals surface area contributed by atoms with Gasteiger partial charge in [-0.25, -0.2) is 4.63 Å². The number of nitro benzene ring substituents is 1. The summed E-state index contributed by atoms with van der Waals surface area (Å²) < 4.78 is 4.86. The van der Waals surface area contributed by atoms with Crippen molar-refractivity contribution in [1.82, 2.24) is 10.3 Å². The quantitative estimate of drug-likeness (QED) is 0.324. The molecule has 0 aliphatic rings. The minimum absolute atomic E-state index is 0.00564. The fourth-order valence-electron chi connectivity index (χ4n) is 3.09. The van der Waals surface area contributed by atoms with E-state index in [9.17, 15) is 10.1 Å². The third-order valence-electron chi connectivity index (χ3n) is 4.54. The number of aliphatic hydroxyl groups excluding tert-OH is 1. The van der Waals surface area contributed by atoms with Crippen molar-refractivity contribution in [1.29, 1.82) is 0 Å². The lowest BCUT2D eigenvalue weighted by molar-refractivity contribution is -0.382. The van der Waals surface area contributed by atoms with Crippen LogP contribution in [0, 0.1) is 17.0 Å². The summed E-state index contributed by atoms with van der Waals surface area (Å²) >= 11 is 1.50. The van der Waals surface area contributed by atoms with Crippen LogP contribution < -0.4 is 5.32 Å². The molecule has 0 aliphatic heterocycles. The van der Waals surface area contributed by atoms with Gasteiger partial charge in [-0.3, -0.25) is 10.1 Å². The number of aryl methyl sites for hydroxylation is 1. The van der Waals surface area contributed by atoms with Gasteiger partial charge in [0.2, 0.25) is 5.52 Å². The van der Waals surface area contributed by atoms with E-state index in [2.05, 4.69) is 42.5 Å². The van der Waals surface area contributed by atoms with Crippen molar-refractivity contribution < 1.29 is 14.7 Å². The van der Waals surface area contributed by atoms with E-state index < -0.39 is 4.92 Å². The van der Waals surface area contributed by atoms with E-state index in [0.29, 0.717) is 24.2 Å². The molecule has 0 bridgehead atoms. The van der Waals surface area contributed by atoms with Gasteiger partial charge in [0, 0.05) is 22.9 Å². The number of nitro groups is 1. The van der Waals surface area contributed by atoms with Gasteiger partial charge in [-0.15, -0.1) is 0 Å². The Hall–Kier alpha value is -2.65. The lowest BCUT2D eigenvalue weighted by atomic mass is 9.86. The molecule has 154 valence electrons. The van der Waals surface area contributed by atoms with E-state index in [1.165, 1.54) is 17.3 Å². The molecule has 0 saturated heterocycles. The Balaban J connectivity index is 2.15. The van der Waals surface area contributed by atoms with Gasteiger partial charge < -0.3 is 10.4 Å². The molecule has 3 aromatic rings. The SMILES string of the molecule is Cc1cccc(C(C)(C)C)c1Sc1cc(NCCCO)c([N+](=O)[O-])c2nonc12. The van der Waals surface area contributed by atoms with Crippen LogP contribution in [0.1, 0.15) is 38.3 Å². The number of fused-ring (bicyclic) bond motifs is 1. The summed E-state index contributed by atoms with van der Waals surface area (Å²) in [5, 5.41) is 31.5.